The Bertz CT molecular complexity index is 1030. The number of hydrogen-bond donors (Lipinski definition) is 1. The van der Waals surface area contributed by atoms with Crippen molar-refractivity contribution >= 4 is 21.7 Å². The highest BCUT2D eigenvalue weighted by molar-refractivity contribution is 7.89. The van der Waals surface area contributed by atoms with Gasteiger partial charge in [-0.15, -0.1) is 0 Å². The van der Waals surface area contributed by atoms with Crippen molar-refractivity contribution in [2.45, 2.75) is 24.3 Å². The van der Waals surface area contributed by atoms with E-state index in [2.05, 4.69) is 4.90 Å². The Hall–Kier alpha value is -2.78. The summed E-state index contributed by atoms with van der Waals surface area (Å²) in [5, 5.41) is 9.17. The molecule has 1 N–H and O–H groups in total. The molecule has 1 aliphatic rings. The first-order chi connectivity index (χ1) is 14.8. The molecule has 1 aliphatic heterocycles. The molecule has 168 valence electrons. The highest BCUT2D eigenvalue weighted by Gasteiger charge is 2.25. The average Bonchev–Trinajstić information content (AvgIpc) is 2.78. The molecule has 0 radical (unpaired) electrons. The number of sulfonamides is 1. The highest BCUT2D eigenvalue weighted by atomic mass is 32.2. The molecule has 0 saturated carbocycles. The number of carboxylic acid groups (broad SMARTS) is 1. The summed E-state index contributed by atoms with van der Waals surface area (Å²) >= 11 is 0. The van der Waals surface area contributed by atoms with Crippen LogP contribution in [0.2, 0.25) is 0 Å². The summed E-state index contributed by atoms with van der Waals surface area (Å²) in [7, 11) is 0.765. The van der Waals surface area contributed by atoms with Gasteiger partial charge in [-0.25, -0.2) is 8.42 Å². The highest BCUT2D eigenvalue weighted by Crippen LogP contribution is 2.31. The van der Waals surface area contributed by atoms with Crippen molar-refractivity contribution in [1.82, 2.24) is 4.31 Å². The minimum atomic E-state index is -3.73. The number of carbonyl (C=O) groups is 1. The monoisotopic (exact) mass is 448 g/mol. The maximum Gasteiger partial charge on any atom is 0.306 e. The van der Waals surface area contributed by atoms with Crippen LogP contribution in [0.3, 0.4) is 0 Å². The molecule has 0 aromatic heterocycles. The Kier molecular flexibility index (Phi) is 7.07. The Morgan fingerprint density at radius 3 is 2.39 bits per heavy atom. The van der Waals surface area contributed by atoms with Gasteiger partial charge in [-0.3, -0.25) is 4.79 Å². The summed E-state index contributed by atoms with van der Waals surface area (Å²) in [6.45, 7) is 1.54. The fourth-order valence-corrected chi connectivity index (χ4v) is 4.91. The number of hydrogen-bond acceptors (Lipinski definition) is 6. The van der Waals surface area contributed by atoms with Crippen LogP contribution in [-0.4, -0.2) is 58.2 Å². The molecule has 31 heavy (non-hydrogen) atoms. The van der Waals surface area contributed by atoms with Crippen LogP contribution in [0, 0.1) is 5.92 Å². The largest absolute Gasteiger partial charge is 0.493 e. The van der Waals surface area contributed by atoms with Gasteiger partial charge in [-0.2, -0.15) is 4.31 Å². The van der Waals surface area contributed by atoms with Gasteiger partial charge in [0.05, 0.1) is 25.0 Å². The van der Waals surface area contributed by atoms with E-state index in [1.54, 1.807) is 6.07 Å². The minimum Gasteiger partial charge on any atom is -0.493 e. The van der Waals surface area contributed by atoms with Gasteiger partial charge in [0.2, 0.25) is 10.0 Å². The Balaban J connectivity index is 1.74. The van der Waals surface area contributed by atoms with Crippen molar-refractivity contribution < 1.29 is 27.8 Å². The third-order valence-electron chi connectivity index (χ3n) is 5.59. The summed E-state index contributed by atoms with van der Waals surface area (Å²) < 4.78 is 37.8. The fourth-order valence-electron chi connectivity index (χ4n) is 3.74. The van der Waals surface area contributed by atoms with Crippen molar-refractivity contribution in [1.29, 1.82) is 0 Å². The molecule has 8 nitrogen and oxygen atoms in total. The Labute approximate surface area is 183 Å². The zero-order valence-corrected chi connectivity index (χ0v) is 18.8. The lowest BCUT2D eigenvalue weighted by Crippen LogP contribution is -2.36. The molecule has 0 unspecified atom stereocenters. The van der Waals surface area contributed by atoms with E-state index in [1.807, 2.05) is 24.3 Å². The van der Waals surface area contributed by atoms with Gasteiger partial charge in [0.25, 0.3) is 0 Å². The van der Waals surface area contributed by atoms with Crippen molar-refractivity contribution in [3.05, 3.63) is 48.0 Å². The predicted octanol–water partition coefficient (Wildman–Crippen LogP) is 2.83. The van der Waals surface area contributed by atoms with Gasteiger partial charge in [0, 0.05) is 38.4 Å². The second-order valence-corrected chi connectivity index (χ2v) is 9.59. The van der Waals surface area contributed by atoms with Gasteiger partial charge < -0.3 is 19.5 Å². The number of carboxylic acids is 1. The van der Waals surface area contributed by atoms with Crippen LogP contribution in [0.25, 0.3) is 0 Å². The number of benzene rings is 2. The molecule has 0 atom stereocenters. The van der Waals surface area contributed by atoms with Crippen LogP contribution in [0.5, 0.6) is 11.5 Å². The lowest BCUT2D eigenvalue weighted by molar-refractivity contribution is -0.142. The normalized spacial score (nSPS) is 15.2. The number of rotatable bonds is 8. The maximum absolute atomic E-state index is 13.1. The summed E-state index contributed by atoms with van der Waals surface area (Å²) in [4.78, 5) is 13.4. The van der Waals surface area contributed by atoms with E-state index in [9.17, 15) is 18.3 Å². The first-order valence-electron chi connectivity index (χ1n) is 10.0. The number of aliphatic carboxylic acids is 1. The molecule has 2 aromatic rings. The standard InChI is InChI=1S/C22H28N2O6S/c1-23(31(27,28)19-7-8-20(29-2)21(14-19)30-3)15-16-5-4-6-18(13-16)24-11-9-17(10-12-24)22(25)26/h4-8,13-14,17H,9-12,15H2,1-3H3,(H,25,26). The predicted molar refractivity (Wildman–Crippen MR) is 117 cm³/mol. The van der Waals surface area contributed by atoms with Gasteiger partial charge in [0.15, 0.2) is 11.5 Å². The van der Waals surface area contributed by atoms with Crippen LogP contribution in [0.4, 0.5) is 5.69 Å². The van der Waals surface area contributed by atoms with Crippen molar-refractivity contribution in [3.63, 3.8) is 0 Å². The van der Waals surface area contributed by atoms with Crippen molar-refractivity contribution in [2.24, 2.45) is 5.92 Å². The fraction of sp³-hybridized carbons (Fsp3) is 0.409. The van der Waals surface area contributed by atoms with Crippen LogP contribution < -0.4 is 14.4 Å². The number of ether oxygens (including phenoxy) is 2. The van der Waals surface area contributed by atoms with E-state index >= 15 is 0 Å². The molecule has 0 spiro atoms. The summed E-state index contributed by atoms with van der Waals surface area (Å²) in [5.74, 6) is -0.222. The second-order valence-electron chi connectivity index (χ2n) is 7.55. The first-order valence-corrected chi connectivity index (χ1v) is 11.5. The van der Waals surface area contributed by atoms with Crippen LogP contribution in [0.15, 0.2) is 47.4 Å². The Morgan fingerprint density at radius 2 is 1.77 bits per heavy atom. The van der Waals surface area contributed by atoms with E-state index in [0.29, 0.717) is 37.4 Å². The smallest absolute Gasteiger partial charge is 0.306 e. The van der Waals surface area contributed by atoms with Crippen LogP contribution >= 0.6 is 0 Å². The molecule has 0 amide bonds. The minimum absolute atomic E-state index is 0.125. The van der Waals surface area contributed by atoms with Crippen LogP contribution in [-0.2, 0) is 21.4 Å². The molecule has 0 bridgehead atoms. The Morgan fingerprint density at radius 1 is 1.10 bits per heavy atom. The van der Waals surface area contributed by atoms with Gasteiger partial charge >= 0.3 is 5.97 Å². The molecule has 1 saturated heterocycles. The molecular weight excluding hydrogens is 420 g/mol. The third-order valence-corrected chi connectivity index (χ3v) is 7.39. The molecule has 2 aromatic carbocycles. The quantitative estimate of drug-likeness (QED) is 0.663. The van der Waals surface area contributed by atoms with E-state index in [4.69, 9.17) is 9.47 Å². The molecule has 3 rings (SSSR count). The van der Waals surface area contributed by atoms with Gasteiger partial charge in [-0.05, 0) is 42.7 Å². The zero-order valence-electron chi connectivity index (χ0n) is 17.9. The lowest BCUT2D eigenvalue weighted by atomic mass is 9.96. The van der Waals surface area contributed by atoms with Gasteiger partial charge in [-0.1, -0.05) is 12.1 Å². The molecule has 1 heterocycles. The molecule has 9 heteroatoms. The molecule has 1 fully saturated rings. The van der Waals surface area contributed by atoms with Crippen molar-refractivity contribution in [2.75, 3.05) is 39.3 Å². The zero-order chi connectivity index (χ0) is 22.6. The van der Waals surface area contributed by atoms with Crippen LogP contribution in [0.1, 0.15) is 18.4 Å². The topological polar surface area (TPSA) is 96.4 Å². The second kappa shape index (κ2) is 9.57. The number of methoxy groups -OCH3 is 2. The third kappa shape index (κ3) is 5.11. The average molecular weight is 449 g/mol. The first kappa shape index (κ1) is 22.9. The summed E-state index contributed by atoms with van der Waals surface area (Å²) in [6.07, 6.45) is 1.21. The van der Waals surface area contributed by atoms with E-state index in [-0.39, 0.29) is 17.4 Å². The summed E-state index contributed by atoms with van der Waals surface area (Å²) in [5.41, 5.74) is 1.82. The van der Waals surface area contributed by atoms with Gasteiger partial charge in [0.1, 0.15) is 0 Å². The van der Waals surface area contributed by atoms with Crippen molar-refractivity contribution in [3.8, 4) is 11.5 Å². The number of piperidine rings is 1. The number of anilines is 1. The van der Waals surface area contributed by atoms with E-state index in [0.717, 1.165) is 11.3 Å². The summed E-state index contributed by atoms with van der Waals surface area (Å²) in [6, 6.07) is 12.2. The SMILES string of the molecule is COc1ccc(S(=O)(=O)N(C)Cc2cccc(N3CCC(C(=O)O)CC3)c2)cc1OC. The molecular formula is C22H28N2O6S. The van der Waals surface area contributed by atoms with E-state index < -0.39 is 16.0 Å². The maximum atomic E-state index is 13.1. The van der Waals surface area contributed by atoms with E-state index in [1.165, 1.54) is 37.7 Å². The lowest BCUT2D eigenvalue weighted by Gasteiger charge is -2.32. The number of nitrogens with zero attached hydrogens (tertiary/aromatic N) is 2. The molecule has 0 aliphatic carbocycles.